The lowest BCUT2D eigenvalue weighted by Gasteiger charge is -2.23. The number of hydrogen-bond acceptors (Lipinski definition) is 9. The quantitative estimate of drug-likeness (QED) is 0.158. The van der Waals surface area contributed by atoms with Crippen LogP contribution in [0.4, 0.5) is 11.4 Å². The van der Waals surface area contributed by atoms with Gasteiger partial charge in [0, 0.05) is 44.5 Å². The first kappa shape index (κ1) is 32.1. The second kappa shape index (κ2) is 17.5. The molecule has 1 aromatic rings. The van der Waals surface area contributed by atoms with Crippen molar-refractivity contribution < 1.29 is 23.9 Å². The Balaban J connectivity index is 1.82. The molecule has 0 aliphatic carbocycles. The van der Waals surface area contributed by atoms with Crippen LogP contribution in [0.15, 0.2) is 36.9 Å². The van der Waals surface area contributed by atoms with Gasteiger partial charge in [-0.2, -0.15) is 5.26 Å². The molecule has 214 valence electrons. The molecule has 1 aromatic carbocycles. The highest BCUT2D eigenvalue weighted by atomic mass is 32.2. The Morgan fingerprint density at radius 1 is 1.33 bits per heavy atom. The highest BCUT2D eigenvalue weighted by Crippen LogP contribution is 2.37. The molecule has 0 aromatic heterocycles. The molecule has 3 atom stereocenters. The number of nitrogens with zero attached hydrogens (tertiary/aromatic N) is 3. The molecule has 0 spiro atoms. The first-order valence-electron chi connectivity index (χ1n) is 13.3. The van der Waals surface area contributed by atoms with Crippen molar-refractivity contribution in [2.45, 2.75) is 43.7 Å². The minimum Gasteiger partial charge on any atom is -0.460 e. The Morgan fingerprint density at radius 3 is 2.77 bits per heavy atom. The second-order valence-electron chi connectivity index (χ2n) is 9.10. The van der Waals surface area contributed by atoms with E-state index in [1.807, 2.05) is 49.1 Å². The number of carbonyl (C=O) groups is 3. The number of nitriles is 1. The number of amides is 2. The van der Waals surface area contributed by atoms with Crippen molar-refractivity contribution >= 4 is 40.9 Å². The van der Waals surface area contributed by atoms with Gasteiger partial charge in [-0.25, -0.2) is 0 Å². The molecule has 1 saturated heterocycles. The zero-order chi connectivity index (χ0) is 28.6. The summed E-state index contributed by atoms with van der Waals surface area (Å²) in [6.45, 7) is 11.0. The van der Waals surface area contributed by atoms with Crippen LogP contribution in [0.2, 0.25) is 0 Å². The van der Waals surface area contributed by atoms with E-state index in [-0.39, 0.29) is 35.5 Å². The molecule has 1 aliphatic rings. The number of nitrogens with one attached hydrogen (secondary N) is 2. The second-order valence-corrected chi connectivity index (χ2v) is 10.5. The van der Waals surface area contributed by atoms with Crippen LogP contribution in [0.3, 0.4) is 0 Å². The molecule has 2 rings (SSSR count). The van der Waals surface area contributed by atoms with Gasteiger partial charge < -0.3 is 25.0 Å². The van der Waals surface area contributed by atoms with Crippen molar-refractivity contribution in [1.82, 2.24) is 9.80 Å². The number of rotatable bonds is 18. The van der Waals surface area contributed by atoms with Crippen LogP contribution in [0, 0.1) is 17.2 Å². The fourth-order valence-electron chi connectivity index (χ4n) is 4.23. The van der Waals surface area contributed by atoms with E-state index in [0.29, 0.717) is 39.2 Å². The van der Waals surface area contributed by atoms with Crippen LogP contribution in [-0.4, -0.2) is 91.3 Å². The maximum Gasteiger partial charge on any atom is 0.323 e. The summed E-state index contributed by atoms with van der Waals surface area (Å²) < 4.78 is 10.1. The Labute approximate surface area is 236 Å². The van der Waals surface area contributed by atoms with Crippen LogP contribution in [0.25, 0.3) is 0 Å². The third kappa shape index (κ3) is 10.5. The number of benzene rings is 1. The minimum absolute atomic E-state index is 0.0416. The molecular formula is C28H41N5O5S. The minimum atomic E-state index is -0.923. The molecule has 1 fully saturated rings. The van der Waals surface area contributed by atoms with Gasteiger partial charge >= 0.3 is 5.97 Å². The smallest absolute Gasteiger partial charge is 0.323 e. The SMILES string of the molecule is C=CCOC(=O)C(C#N)CC1SC(CCCNc2cccc(NC(=O)CN(CC)CCOC)c2)C(=O)N1CC. The maximum atomic E-state index is 12.9. The van der Waals surface area contributed by atoms with Crippen molar-refractivity contribution in [3.8, 4) is 6.07 Å². The predicted octanol–water partition coefficient (Wildman–Crippen LogP) is 3.33. The summed E-state index contributed by atoms with van der Waals surface area (Å²) in [7, 11) is 1.64. The van der Waals surface area contributed by atoms with Gasteiger partial charge in [0.2, 0.25) is 11.8 Å². The molecule has 0 bridgehead atoms. The Bertz CT molecular complexity index is 1000. The summed E-state index contributed by atoms with van der Waals surface area (Å²) >= 11 is 1.51. The third-order valence-electron chi connectivity index (χ3n) is 6.33. The van der Waals surface area contributed by atoms with E-state index in [4.69, 9.17) is 9.47 Å². The molecule has 11 heteroatoms. The maximum absolute atomic E-state index is 12.9. The molecule has 39 heavy (non-hydrogen) atoms. The van der Waals surface area contributed by atoms with Crippen LogP contribution < -0.4 is 10.6 Å². The number of anilines is 2. The number of methoxy groups -OCH3 is 1. The molecule has 2 N–H and O–H groups in total. The first-order chi connectivity index (χ1) is 18.9. The summed E-state index contributed by atoms with van der Waals surface area (Å²) in [5.74, 6) is -1.54. The van der Waals surface area contributed by atoms with Gasteiger partial charge in [-0.15, -0.1) is 11.8 Å². The van der Waals surface area contributed by atoms with E-state index in [1.165, 1.54) is 17.8 Å². The number of esters is 1. The average Bonchev–Trinajstić information content (AvgIpc) is 3.24. The zero-order valence-electron chi connectivity index (χ0n) is 23.2. The van der Waals surface area contributed by atoms with Crippen molar-refractivity contribution in [2.24, 2.45) is 5.92 Å². The van der Waals surface area contributed by atoms with Crippen LogP contribution in [0.1, 0.15) is 33.1 Å². The van der Waals surface area contributed by atoms with Crippen molar-refractivity contribution in [3.05, 3.63) is 36.9 Å². The van der Waals surface area contributed by atoms with Gasteiger partial charge in [0.25, 0.3) is 0 Å². The summed E-state index contributed by atoms with van der Waals surface area (Å²) in [6.07, 6.45) is 3.14. The summed E-state index contributed by atoms with van der Waals surface area (Å²) in [6, 6.07) is 9.57. The van der Waals surface area contributed by atoms with E-state index < -0.39 is 11.9 Å². The fraction of sp³-hybridized carbons (Fsp3) is 0.571. The molecule has 10 nitrogen and oxygen atoms in total. The number of hydrogen-bond donors (Lipinski definition) is 2. The van der Waals surface area contributed by atoms with Crippen molar-refractivity contribution in [2.75, 3.05) is 63.7 Å². The van der Waals surface area contributed by atoms with Crippen molar-refractivity contribution in [1.29, 1.82) is 5.26 Å². The normalized spacial score (nSPS) is 17.5. The lowest BCUT2D eigenvalue weighted by molar-refractivity contribution is -0.146. The monoisotopic (exact) mass is 559 g/mol. The highest BCUT2D eigenvalue weighted by Gasteiger charge is 2.41. The lowest BCUT2D eigenvalue weighted by Crippen LogP contribution is -2.36. The lowest BCUT2D eigenvalue weighted by atomic mass is 10.1. The number of carbonyl (C=O) groups excluding carboxylic acids is 3. The molecule has 1 heterocycles. The van der Waals surface area contributed by atoms with Crippen LogP contribution >= 0.6 is 11.8 Å². The highest BCUT2D eigenvalue weighted by molar-refractivity contribution is 8.01. The molecule has 2 amide bonds. The van der Waals surface area contributed by atoms with E-state index in [9.17, 15) is 19.6 Å². The van der Waals surface area contributed by atoms with Crippen molar-refractivity contribution in [3.63, 3.8) is 0 Å². The van der Waals surface area contributed by atoms with E-state index in [1.54, 1.807) is 12.0 Å². The summed E-state index contributed by atoms with van der Waals surface area (Å²) in [4.78, 5) is 41.3. The standard InChI is InChI=1S/C28H41N5O5S/c1-5-15-38-28(36)21(19-29)17-26-33(7-3)27(35)24(39-26)12-9-13-30-22-10-8-11-23(18-22)31-25(34)20-32(6-2)14-16-37-4/h5,8,10-11,18,21,24,26,30H,1,6-7,9,12-17,20H2,2-4H3,(H,31,34). The zero-order valence-corrected chi connectivity index (χ0v) is 24.0. The Hall–Kier alpha value is -3.07. The number of thioether (sulfide) groups is 1. The predicted molar refractivity (Wildman–Crippen MR) is 154 cm³/mol. The molecule has 0 saturated carbocycles. The topological polar surface area (TPSA) is 124 Å². The first-order valence-corrected chi connectivity index (χ1v) is 14.3. The van der Waals surface area contributed by atoms with Gasteiger partial charge in [0.15, 0.2) is 0 Å². The number of likely N-dealkylation sites (N-methyl/N-ethyl adjacent to an activating group) is 1. The Morgan fingerprint density at radius 2 is 2.10 bits per heavy atom. The van der Waals surface area contributed by atoms with Gasteiger partial charge in [0.05, 0.1) is 29.8 Å². The van der Waals surface area contributed by atoms with Crippen LogP contribution in [0.5, 0.6) is 0 Å². The van der Waals surface area contributed by atoms with Gasteiger partial charge in [0.1, 0.15) is 12.5 Å². The number of ether oxygens (including phenoxy) is 2. The average molecular weight is 560 g/mol. The summed E-state index contributed by atoms with van der Waals surface area (Å²) in [5.41, 5.74) is 1.60. The van der Waals surface area contributed by atoms with Gasteiger partial charge in [-0.3, -0.25) is 19.3 Å². The van der Waals surface area contributed by atoms with Crippen LogP contribution in [-0.2, 0) is 23.9 Å². The third-order valence-corrected chi connectivity index (χ3v) is 7.86. The van der Waals surface area contributed by atoms with E-state index in [0.717, 1.165) is 24.3 Å². The van der Waals surface area contributed by atoms with E-state index >= 15 is 0 Å². The molecule has 0 radical (unpaired) electrons. The largest absolute Gasteiger partial charge is 0.460 e. The fourth-order valence-corrected chi connectivity index (χ4v) is 5.86. The van der Waals surface area contributed by atoms with Gasteiger partial charge in [-0.1, -0.05) is 25.6 Å². The van der Waals surface area contributed by atoms with Gasteiger partial charge in [-0.05, 0) is 44.5 Å². The molecule has 1 aliphatic heterocycles. The van der Waals surface area contributed by atoms with E-state index in [2.05, 4.69) is 17.2 Å². The molecule has 3 unspecified atom stereocenters. The molecular weight excluding hydrogens is 518 g/mol. The summed E-state index contributed by atoms with van der Waals surface area (Å²) in [5, 5.41) is 15.3. The Kier molecular flexibility index (Phi) is 14.4.